The normalized spacial score (nSPS) is 26.4. The van der Waals surface area contributed by atoms with Gasteiger partial charge in [-0.1, -0.05) is 161 Å². The molecule has 0 saturated carbocycles. The smallest absolute Gasteiger partial charge is 0.306 e. The number of carbonyl (C=O) groups excluding carboxylic acids is 2. The third-order valence-corrected chi connectivity index (χ3v) is 12.5. The lowest BCUT2D eigenvalue weighted by Crippen LogP contribution is -2.61. The Morgan fingerprint density at radius 1 is 0.477 bits per heavy atom. The van der Waals surface area contributed by atoms with Gasteiger partial charge in [-0.15, -0.1) is 0 Å². The van der Waals surface area contributed by atoms with E-state index in [1.807, 2.05) is 0 Å². The number of rotatable bonds is 40. The minimum absolute atomic E-state index is 0.159. The number of aliphatic hydroxyl groups excluding tert-OH is 7. The standard InChI is InChI=1S/C50H92O15/c1-3-5-7-9-11-13-15-17-19-21-23-25-27-29-31-33-42(53)63-38(35-60-41(52)32-30-28-26-24-22-20-18-16-14-12-10-8-6-4-2)36-61-49-48(59)46(57)44(55)40(65-49)37-62-50-47(58)45(56)43(54)39(34-51)64-50/h17,19,38-40,43-51,54-59H,3-16,18,20-37H2,1-2H3/b19-17+/t38-,39-,40-,43+,44+,45?,46?,47?,48?,49-,50-/m1/s1. The van der Waals surface area contributed by atoms with Gasteiger partial charge in [-0.2, -0.15) is 0 Å². The lowest BCUT2D eigenvalue weighted by atomic mass is 9.98. The number of allylic oxidation sites excluding steroid dienone is 2. The van der Waals surface area contributed by atoms with E-state index >= 15 is 0 Å². The molecule has 65 heavy (non-hydrogen) atoms. The average Bonchev–Trinajstić information content (AvgIpc) is 3.30. The lowest BCUT2D eigenvalue weighted by molar-refractivity contribution is -0.332. The molecule has 7 N–H and O–H groups in total. The number of carbonyl (C=O) groups is 2. The zero-order valence-corrected chi connectivity index (χ0v) is 40.2. The molecular formula is C50H92O15. The van der Waals surface area contributed by atoms with Crippen LogP contribution < -0.4 is 0 Å². The molecule has 0 bridgehead atoms. The summed E-state index contributed by atoms with van der Waals surface area (Å²) in [5.41, 5.74) is 0. The maximum absolute atomic E-state index is 13.0. The Morgan fingerprint density at radius 2 is 0.877 bits per heavy atom. The molecule has 2 aliphatic heterocycles. The Labute approximate surface area is 390 Å². The Bertz CT molecular complexity index is 1190. The van der Waals surface area contributed by atoms with E-state index < -0.39 is 92.7 Å². The highest BCUT2D eigenvalue weighted by Gasteiger charge is 2.47. The maximum atomic E-state index is 13.0. The van der Waals surface area contributed by atoms with E-state index in [2.05, 4.69) is 26.0 Å². The third-order valence-electron chi connectivity index (χ3n) is 12.5. The van der Waals surface area contributed by atoms with Gasteiger partial charge < -0.3 is 64.2 Å². The molecule has 0 amide bonds. The molecular weight excluding hydrogens is 841 g/mol. The van der Waals surface area contributed by atoms with Crippen molar-refractivity contribution in [2.24, 2.45) is 0 Å². The van der Waals surface area contributed by atoms with Crippen LogP contribution in [0.3, 0.4) is 0 Å². The number of aliphatic hydroxyl groups is 7. The first-order valence-corrected chi connectivity index (χ1v) is 25.8. The Balaban J connectivity index is 1.81. The molecule has 0 aromatic rings. The average molecular weight is 933 g/mol. The number of unbranched alkanes of at least 4 members (excludes halogenated alkanes) is 24. The summed E-state index contributed by atoms with van der Waals surface area (Å²) in [6.07, 6.45) is 19.5. The fraction of sp³-hybridized carbons (Fsp3) is 0.920. The Morgan fingerprint density at radius 3 is 1.35 bits per heavy atom. The van der Waals surface area contributed by atoms with E-state index in [1.165, 1.54) is 103 Å². The van der Waals surface area contributed by atoms with Crippen LogP contribution in [0.4, 0.5) is 0 Å². The lowest BCUT2D eigenvalue weighted by Gasteiger charge is -2.42. The van der Waals surface area contributed by atoms with Crippen molar-refractivity contribution in [2.75, 3.05) is 26.4 Å². The number of esters is 2. The summed E-state index contributed by atoms with van der Waals surface area (Å²) in [4.78, 5) is 25.7. The molecule has 2 rings (SSSR count). The highest BCUT2D eigenvalue weighted by molar-refractivity contribution is 5.70. The summed E-state index contributed by atoms with van der Waals surface area (Å²) in [6.45, 7) is 2.59. The summed E-state index contributed by atoms with van der Waals surface area (Å²) in [5, 5.41) is 72.0. The van der Waals surface area contributed by atoms with Crippen LogP contribution in [-0.2, 0) is 38.0 Å². The van der Waals surface area contributed by atoms with Crippen LogP contribution in [0.2, 0.25) is 0 Å². The first kappa shape index (κ1) is 59.4. The van der Waals surface area contributed by atoms with Crippen molar-refractivity contribution in [3.05, 3.63) is 12.2 Å². The molecule has 382 valence electrons. The highest BCUT2D eigenvalue weighted by atomic mass is 16.7. The number of ether oxygens (including phenoxy) is 6. The zero-order chi connectivity index (χ0) is 47.5. The third kappa shape index (κ3) is 26.5. The molecule has 0 aromatic heterocycles. The summed E-state index contributed by atoms with van der Waals surface area (Å²) in [6, 6.07) is 0. The van der Waals surface area contributed by atoms with Crippen molar-refractivity contribution in [1.29, 1.82) is 0 Å². The number of hydrogen-bond acceptors (Lipinski definition) is 15. The van der Waals surface area contributed by atoms with Gasteiger partial charge in [0.2, 0.25) is 0 Å². The van der Waals surface area contributed by atoms with Crippen molar-refractivity contribution >= 4 is 11.9 Å². The fourth-order valence-corrected chi connectivity index (χ4v) is 8.21. The van der Waals surface area contributed by atoms with E-state index in [1.54, 1.807) is 0 Å². The summed E-state index contributed by atoms with van der Waals surface area (Å²) in [5.74, 6) is -0.925. The zero-order valence-electron chi connectivity index (χ0n) is 40.2. The van der Waals surface area contributed by atoms with Crippen molar-refractivity contribution in [2.45, 2.75) is 268 Å². The predicted octanol–water partition coefficient (Wildman–Crippen LogP) is 6.99. The van der Waals surface area contributed by atoms with E-state index in [9.17, 15) is 45.3 Å². The SMILES string of the molecule is CCCCCCCC/C=C/CCCCCCCC(=O)O[C@H](COC(=O)CCCCCCCCCCCCCCCC)CO[C@@H]1O[C@H](CO[C@@H]2O[C@H](CO)[C@H](O)C(O)C2O)[C@H](O)C(O)C1O. The summed E-state index contributed by atoms with van der Waals surface area (Å²) in [7, 11) is 0. The maximum Gasteiger partial charge on any atom is 0.306 e. The van der Waals surface area contributed by atoms with Crippen LogP contribution in [-0.4, -0.2) is 142 Å². The fourth-order valence-electron chi connectivity index (χ4n) is 8.21. The Kier molecular flexibility index (Phi) is 34.8. The molecule has 0 radical (unpaired) electrons. The minimum atomic E-state index is -1.76. The molecule has 4 unspecified atom stereocenters. The molecule has 15 heteroatoms. The second-order valence-corrected chi connectivity index (χ2v) is 18.4. The van der Waals surface area contributed by atoms with Gasteiger partial charge in [-0.25, -0.2) is 0 Å². The molecule has 2 aliphatic rings. The predicted molar refractivity (Wildman–Crippen MR) is 248 cm³/mol. The molecule has 2 heterocycles. The van der Waals surface area contributed by atoms with Gasteiger partial charge in [0.25, 0.3) is 0 Å². The molecule has 15 nitrogen and oxygen atoms in total. The second kappa shape index (κ2) is 38.1. The summed E-state index contributed by atoms with van der Waals surface area (Å²) >= 11 is 0. The van der Waals surface area contributed by atoms with Crippen molar-refractivity contribution in [3.63, 3.8) is 0 Å². The highest BCUT2D eigenvalue weighted by Crippen LogP contribution is 2.26. The van der Waals surface area contributed by atoms with Crippen LogP contribution in [0.15, 0.2) is 12.2 Å². The largest absolute Gasteiger partial charge is 0.462 e. The molecule has 2 fully saturated rings. The van der Waals surface area contributed by atoms with Gasteiger partial charge in [0.05, 0.1) is 19.8 Å². The van der Waals surface area contributed by atoms with E-state index in [4.69, 9.17) is 28.4 Å². The monoisotopic (exact) mass is 933 g/mol. The quantitative estimate of drug-likeness (QED) is 0.0187. The van der Waals surface area contributed by atoms with Crippen LogP contribution >= 0.6 is 0 Å². The molecule has 0 aromatic carbocycles. The second-order valence-electron chi connectivity index (χ2n) is 18.4. The van der Waals surface area contributed by atoms with E-state index in [-0.39, 0.29) is 26.1 Å². The van der Waals surface area contributed by atoms with Crippen LogP contribution in [0.25, 0.3) is 0 Å². The molecule has 0 spiro atoms. The van der Waals surface area contributed by atoms with Crippen molar-refractivity contribution in [1.82, 2.24) is 0 Å². The van der Waals surface area contributed by atoms with Gasteiger partial charge >= 0.3 is 11.9 Å². The summed E-state index contributed by atoms with van der Waals surface area (Å²) < 4.78 is 33.6. The number of hydrogen-bond donors (Lipinski definition) is 7. The van der Waals surface area contributed by atoms with Crippen LogP contribution in [0, 0.1) is 0 Å². The van der Waals surface area contributed by atoms with Gasteiger partial charge in [-0.05, 0) is 38.5 Å². The Hall–Kier alpha value is -1.76. The van der Waals surface area contributed by atoms with Gasteiger partial charge in [0.1, 0.15) is 55.4 Å². The van der Waals surface area contributed by atoms with Gasteiger partial charge in [0.15, 0.2) is 18.7 Å². The van der Waals surface area contributed by atoms with Crippen LogP contribution in [0.1, 0.15) is 200 Å². The molecule has 2 saturated heterocycles. The van der Waals surface area contributed by atoms with Gasteiger partial charge in [-0.3, -0.25) is 9.59 Å². The van der Waals surface area contributed by atoms with Crippen molar-refractivity contribution in [3.8, 4) is 0 Å². The topological polar surface area (TPSA) is 231 Å². The first-order chi connectivity index (χ1) is 31.5. The van der Waals surface area contributed by atoms with E-state index in [0.29, 0.717) is 12.8 Å². The minimum Gasteiger partial charge on any atom is -0.462 e. The van der Waals surface area contributed by atoms with E-state index in [0.717, 1.165) is 57.8 Å². The van der Waals surface area contributed by atoms with Crippen LogP contribution in [0.5, 0.6) is 0 Å². The molecule has 0 aliphatic carbocycles. The van der Waals surface area contributed by atoms with Gasteiger partial charge in [0, 0.05) is 12.8 Å². The molecule has 11 atom stereocenters. The van der Waals surface area contributed by atoms with Crippen molar-refractivity contribution < 1.29 is 73.8 Å². The first-order valence-electron chi connectivity index (χ1n) is 25.8.